The Morgan fingerprint density at radius 1 is 1.27 bits per heavy atom. The summed E-state index contributed by atoms with van der Waals surface area (Å²) in [5.74, 6) is -1.14. The lowest BCUT2D eigenvalue weighted by molar-refractivity contribution is -0.161. The molecule has 0 bridgehead atoms. The molecule has 4 rings (SSSR count). The van der Waals surface area contributed by atoms with Crippen molar-refractivity contribution in [3.05, 3.63) is 23.0 Å². The molecule has 1 aliphatic carbocycles. The molecule has 30 heavy (non-hydrogen) atoms. The van der Waals surface area contributed by atoms with E-state index < -0.39 is 5.79 Å². The van der Waals surface area contributed by atoms with Crippen LogP contribution in [0.5, 0.6) is 0 Å². The van der Waals surface area contributed by atoms with Gasteiger partial charge >= 0.3 is 5.97 Å². The lowest BCUT2D eigenvalue weighted by Gasteiger charge is -2.23. The predicted molar refractivity (Wildman–Crippen MR) is 106 cm³/mol. The zero-order chi connectivity index (χ0) is 21.5. The van der Waals surface area contributed by atoms with Crippen molar-refractivity contribution in [3.8, 4) is 0 Å². The molecule has 1 saturated carbocycles. The van der Waals surface area contributed by atoms with E-state index in [2.05, 4.69) is 9.97 Å². The number of aromatic nitrogens is 4. The molecule has 2 aromatic rings. The zero-order valence-corrected chi connectivity index (χ0v) is 17.5. The summed E-state index contributed by atoms with van der Waals surface area (Å²) >= 11 is 0. The van der Waals surface area contributed by atoms with Gasteiger partial charge in [-0.3, -0.25) is 14.2 Å². The Kier molecular flexibility index (Phi) is 5.65. The van der Waals surface area contributed by atoms with Crippen molar-refractivity contribution in [2.75, 3.05) is 13.2 Å². The molecular weight excluding hydrogens is 392 g/mol. The molecule has 0 spiro atoms. The summed E-state index contributed by atoms with van der Waals surface area (Å²) in [6.07, 6.45) is 4.64. The highest BCUT2D eigenvalue weighted by Gasteiger charge is 2.54. The Morgan fingerprint density at radius 3 is 2.77 bits per heavy atom. The first-order chi connectivity index (χ1) is 14.3. The summed E-state index contributed by atoms with van der Waals surface area (Å²) in [4.78, 5) is 32.8. The minimum atomic E-state index is -0.754. The van der Waals surface area contributed by atoms with E-state index in [9.17, 15) is 14.7 Å². The molecule has 4 atom stereocenters. The quantitative estimate of drug-likeness (QED) is 0.521. The predicted octanol–water partition coefficient (Wildman–Crippen LogP) is 1.01. The molecule has 1 saturated heterocycles. The minimum absolute atomic E-state index is 0.0243. The van der Waals surface area contributed by atoms with E-state index in [0.717, 1.165) is 12.8 Å². The number of fused-ring (bicyclic) bond motifs is 2. The van der Waals surface area contributed by atoms with Gasteiger partial charge in [-0.25, -0.2) is 9.97 Å². The smallest absolute Gasteiger partial charge is 0.302 e. The second kappa shape index (κ2) is 8.09. The number of rotatable bonds is 7. The first kappa shape index (κ1) is 21.0. The molecule has 10 heteroatoms. The van der Waals surface area contributed by atoms with Gasteiger partial charge in [-0.2, -0.15) is 0 Å². The molecule has 10 nitrogen and oxygen atoms in total. The average molecular weight is 420 g/mol. The van der Waals surface area contributed by atoms with E-state index in [4.69, 9.17) is 14.2 Å². The number of aryl methyl sites for hydroxylation is 1. The van der Waals surface area contributed by atoms with Gasteiger partial charge in [0.25, 0.3) is 5.56 Å². The second-order valence-electron chi connectivity index (χ2n) is 8.42. The minimum Gasteiger partial charge on any atom is -0.466 e. The Balaban J connectivity index is 1.53. The molecule has 2 aromatic heterocycles. The molecule has 2 fully saturated rings. The lowest BCUT2D eigenvalue weighted by atomic mass is 10.1. The van der Waals surface area contributed by atoms with Gasteiger partial charge in [0.05, 0.1) is 25.1 Å². The number of carbonyl (C=O) groups excluding carboxylic acids is 1. The fourth-order valence-corrected chi connectivity index (χ4v) is 4.46. The van der Waals surface area contributed by atoms with Crippen molar-refractivity contribution in [2.45, 2.75) is 70.6 Å². The van der Waals surface area contributed by atoms with Crippen LogP contribution < -0.4 is 5.56 Å². The van der Waals surface area contributed by atoms with Crippen molar-refractivity contribution >= 4 is 17.1 Å². The van der Waals surface area contributed by atoms with Crippen LogP contribution >= 0.6 is 0 Å². The van der Waals surface area contributed by atoms with Crippen LogP contribution in [0.3, 0.4) is 0 Å². The lowest BCUT2D eigenvalue weighted by Crippen LogP contribution is -2.33. The Hall–Kier alpha value is -2.30. The number of imidazole rings is 1. The Labute approximate surface area is 173 Å². The number of carbonyl (C=O) groups is 1. The fourth-order valence-electron chi connectivity index (χ4n) is 4.46. The van der Waals surface area contributed by atoms with Crippen LogP contribution in [0.2, 0.25) is 0 Å². The van der Waals surface area contributed by atoms with Crippen molar-refractivity contribution < 1.29 is 24.1 Å². The van der Waals surface area contributed by atoms with Crippen molar-refractivity contribution in [1.82, 2.24) is 19.1 Å². The van der Waals surface area contributed by atoms with Gasteiger partial charge in [0.15, 0.2) is 17.0 Å². The summed E-state index contributed by atoms with van der Waals surface area (Å²) in [7, 11) is 0. The van der Waals surface area contributed by atoms with Gasteiger partial charge in [-0.05, 0) is 33.1 Å². The molecule has 0 radical (unpaired) electrons. The molecule has 1 N–H and O–H groups in total. The third kappa shape index (κ3) is 3.86. The van der Waals surface area contributed by atoms with Gasteiger partial charge in [0.2, 0.25) is 0 Å². The number of ether oxygens (including phenoxy) is 3. The molecule has 2 aliphatic rings. The van der Waals surface area contributed by atoms with E-state index in [-0.39, 0.29) is 42.3 Å². The van der Waals surface area contributed by atoms with Crippen LogP contribution in [-0.4, -0.2) is 61.4 Å². The highest BCUT2D eigenvalue weighted by atomic mass is 16.8. The average Bonchev–Trinajstić information content (AvgIpc) is 3.33. The summed E-state index contributed by atoms with van der Waals surface area (Å²) in [6.45, 7) is 6.03. The first-order valence-electron chi connectivity index (χ1n) is 10.3. The van der Waals surface area contributed by atoms with E-state index >= 15 is 0 Å². The fraction of sp³-hybridized carbons (Fsp3) is 0.700. The number of hydrogen-bond acceptors (Lipinski definition) is 8. The van der Waals surface area contributed by atoms with Crippen LogP contribution in [0.25, 0.3) is 11.2 Å². The summed E-state index contributed by atoms with van der Waals surface area (Å²) < 4.78 is 20.4. The molecule has 164 valence electrons. The first-order valence-corrected chi connectivity index (χ1v) is 10.3. The number of esters is 1. The van der Waals surface area contributed by atoms with E-state index in [1.165, 1.54) is 13.3 Å². The maximum Gasteiger partial charge on any atom is 0.302 e. The molecular formula is C20H28N4O6. The third-order valence-electron chi connectivity index (χ3n) is 5.79. The number of hydrogen-bond donors (Lipinski definition) is 1. The summed E-state index contributed by atoms with van der Waals surface area (Å²) in [6, 6.07) is -0.271. The topological polar surface area (TPSA) is 118 Å². The SMILES string of the molecule is CC(=O)OCCCCn1cnc2c(=O)n([C@@H]3C[C@H](CO)[C@H]4OC(C)(C)O[C@H]43)cnc21. The Morgan fingerprint density at radius 2 is 2.03 bits per heavy atom. The molecule has 0 amide bonds. The highest BCUT2D eigenvalue weighted by Crippen LogP contribution is 2.46. The molecule has 0 aromatic carbocycles. The Bertz CT molecular complexity index is 983. The van der Waals surface area contributed by atoms with Crippen LogP contribution in [0.4, 0.5) is 0 Å². The number of nitrogens with zero attached hydrogens (tertiary/aromatic N) is 4. The number of aliphatic hydroxyl groups is 1. The monoisotopic (exact) mass is 420 g/mol. The van der Waals surface area contributed by atoms with Gasteiger partial charge in [0.1, 0.15) is 12.4 Å². The second-order valence-corrected chi connectivity index (χ2v) is 8.42. The maximum absolute atomic E-state index is 13.2. The largest absolute Gasteiger partial charge is 0.466 e. The van der Waals surface area contributed by atoms with Gasteiger partial charge in [-0.15, -0.1) is 0 Å². The molecule has 0 unspecified atom stereocenters. The van der Waals surface area contributed by atoms with Gasteiger partial charge < -0.3 is 23.9 Å². The normalized spacial score (nSPS) is 27.5. The highest BCUT2D eigenvalue weighted by molar-refractivity contribution is 5.69. The van der Waals surface area contributed by atoms with Gasteiger partial charge in [0, 0.05) is 26.0 Å². The molecule has 3 heterocycles. The van der Waals surface area contributed by atoms with Crippen LogP contribution in [0.15, 0.2) is 17.4 Å². The van der Waals surface area contributed by atoms with E-state index in [1.54, 1.807) is 10.9 Å². The van der Waals surface area contributed by atoms with E-state index in [1.807, 2.05) is 18.4 Å². The summed E-state index contributed by atoms with van der Waals surface area (Å²) in [5.41, 5.74) is 0.606. The van der Waals surface area contributed by atoms with Gasteiger partial charge in [-0.1, -0.05) is 0 Å². The van der Waals surface area contributed by atoms with Crippen LogP contribution in [-0.2, 0) is 25.5 Å². The zero-order valence-electron chi connectivity index (χ0n) is 17.5. The van der Waals surface area contributed by atoms with Crippen LogP contribution in [0.1, 0.15) is 46.1 Å². The maximum atomic E-state index is 13.2. The van der Waals surface area contributed by atoms with Crippen molar-refractivity contribution in [2.24, 2.45) is 5.92 Å². The van der Waals surface area contributed by atoms with Crippen molar-refractivity contribution in [1.29, 1.82) is 0 Å². The standard InChI is InChI=1S/C20H28N4O6/c1-12(26)28-7-5-4-6-23-10-21-15-18(23)22-11-24(19(15)27)14-8-13(9-25)16-17(14)30-20(2,3)29-16/h10-11,13-14,16-17,25H,4-9H2,1-3H3/t13-,14-,16-,17+/m1/s1. The number of unbranched alkanes of at least 4 members (excludes halogenated alkanes) is 1. The third-order valence-corrected chi connectivity index (χ3v) is 5.79. The molecule has 1 aliphatic heterocycles. The summed E-state index contributed by atoms with van der Waals surface area (Å²) in [5, 5.41) is 9.76. The van der Waals surface area contributed by atoms with Crippen molar-refractivity contribution in [3.63, 3.8) is 0 Å². The van der Waals surface area contributed by atoms with E-state index in [0.29, 0.717) is 30.7 Å². The van der Waals surface area contributed by atoms with Crippen LogP contribution in [0, 0.1) is 5.92 Å². The number of aliphatic hydroxyl groups excluding tert-OH is 1.